The lowest BCUT2D eigenvalue weighted by Gasteiger charge is -2.15. The van der Waals surface area contributed by atoms with E-state index in [1.54, 1.807) is 26.0 Å². The van der Waals surface area contributed by atoms with Crippen LogP contribution in [0.4, 0.5) is 0 Å². The van der Waals surface area contributed by atoms with E-state index in [4.69, 9.17) is 5.73 Å². The summed E-state index contributed by atoms with van der Waals surface area (Å²) in [5, 5.41) is 2.77. The van der Waals surface area contributed by atoms with Crippen molar-refractivity contribution in [1.82, 2.24) is 10.0 Å². The van der Waals surface area contributed by atoms with Gasteiger partial charge in [0, 0.05) is 12.6 Å². The number of hydrogen-bond donors (Lipinski definition) is 3. The average Bonchev–Trinajstić information content (AvgIpc) is 2.44. The Kier molecular flexibility index (Phi) is 7.67. The standard InChI is InChI=1S/C16H27N3O3S/c1-4-7-15(17)16(20)18-10-13-8-5-6-9-14(13)11-23(21,22)19-12(2)3/h5-6,8-9,12,15,19H,4,7,10-11,17H2,1-3H3,(H,18,20). The van der Waals surface area contributed by atoms with Crippen LogP contribution in [0.2, 0.25) is 0 Å². The molecule has 4 N–H and O–H groups in total. The molecule has 0 radical (unpaired) electrons. The molecule has 0 aliphatic carbocycles. The Morgan fingerprint density at radius 3 is 2.39 bits per heavy atom. The van der Waals surface area contributed by atoms with E-state index in [0.717, 1.165) is 12.0 Å². The van der Waals surface area contributed by atoms with Crippen LogP contribution in [0.1, 0.15) is 44.7 Å². The first kappa shape index (κ1) is 19.6. The lowest BCUT2D eigenvalue weighted by atomic mass is 10.1. The third-order valence-corrected chi connectivity index (χ3v) is 4.79. The van der Waals surface area contributed by atoms with E-state index < -0.39 is 16.1 Å². The molecule has 1 rings (SSSR count). The van der Waals surface area contributed by atoms with Crippen LogP contribution in [-0.4, -0.2) is 26.4 Å². The number of nitrogens with one attached hydrogen (secondary N) is 2. The van der Waals surface area contributed by atoms with Gasteiger partial charge in [-0.15, -0.1) is 0 Å². The quantitative estimate of drug-likeness (QED) is 0.629. The summed E-state index contributed by atoms with van der Waals surface area (Å²) in [6.45, 7) is 5.79. The van der Waals surface area contributed by atoms with Gasteiger partial charge in [-0.1, -0.05) is 37.6 Å². The smallest absolute Gasteiger partial charge is 0.237 e. The third kappa shape index (κ3) is 7.11. The van der Waals surface area contributed by atoms with Gasteiger partial charge in [-0.05, 0) is 31.4 Å². The van der Waals surface area contributed by atoms with Gasteiger partial charge in [0.25, 0.3) is 0 Å². The van der Waals surface area contributed by atoms with E-state index in [1.165, 1.54) is 0 Å². The first-order valence-electron chi connectivity index (χ1n) is 7.85. The van der Waals surface area contributed by atoms with Crippen molar-refractivity contribution in [2.75, 3.05) is 0 Å². The molecule has 1 amide bonds. The third-order valence-electron chi connectivity index (χ3n) is 3.27. The average molecular weight is 341 g/mol. The molecule has 0 aliphatic rings. The van der Waals surface area contributed by atoms with Crippen LogP contribution in [0.3, 0.4) is 0 Å². The number of hydrogen-bond acceptors (Lipinski definition) is 4. The molecular formula is C16H27N3O3S. The van der Waals surface area contributed by atoms with Gasteiger partial charge in [0.2, 0.25) is 15.9 Å². The van der Waals surface area contributed by atoms with Gasteiger partial charge in [-0.2, -0.15) is 0 Å². The Balaban J connectivity index is 2.76. The number of sulfonamides is 1. The molecule has 0 saturated heterocycles. The van der Waals surface area contributed by atoms with Crippen molar-refractivity contribution in [2.24, 2.45) is 5.73 Å². The molecule has 6 nitrogen and oxygen atoms in total. The second-order valence-corrected chi connectivity index (χ2v) is 7.67. The van der Waals surface area contributed by atoms with E-state index in [-0.39, 0.29) is 24.2 Å². The van der Waals surface area contributed by atoms with Crippen LogP contribution >= 0.6 is 0 Å². The van der Waals surface area contributed by atoms with Gasteiger partial charge >= 0.3 is 0 Å². The van der Waals surface area contributed by atoms with E-state index in [9.17, 15) is 13.2 Å². The van der Waals surface area contributed by atoms with Gasteiger partial charge in [-0.3, -0.25) is 4.79 Å². The molecule has 1 aromatic carbocycles. The molecule has 0 saturated carbocycles. The first-order valence-corrected chi connectivity index (χ1v) is 9.50. The number of carbonyl (C=O) groups excluding carboxylic acids is 1. The zero-order valence-corrected chi connectivity index (χ0v) is 14.8. The summed E-state index contributed by atoms with van der Waals surface area (Å²) in [6, 6.07) is 6.49. The van der Waals surface area contributed by atoms with Gasteiger partial charge in [0.1, 0.15) is 0 Å². The molecule has 0 bridgehead atoms. The fourth-order valence-corrected chi connectivity index (χ4v) is 3.72. The highest BCUT2D eigenvalue weighted by Crippen LogP contribution is 2.12. The molecule has 0 heterocycles. The Hall–Kier alpha value is -1.44. The van der Waals surface area contributed by atoms with Crippen molar-refractivity contribution in [2.45, 2.75) is 58.0 Å². The summed E-state index contributed by atoms with van der Waals surface area (Å²) in [6.07, 6.45) is 1.46. The van der Waals surface area contributed by atoms with E-state index in [2.05, 4.69) is 10.0 Å². The maximum atomic E-state index is 12.1. The molecule has 23 heavy (non-hydrogen) atoms. The van der Waals surface area contributed by atoms with Gasteiger partial charge in [-0.25, -0.2) is 13.1 Å². The summed E-state index contributed by atoms with van der Waals surface area (Å²) in [5.74, 6) is -0.331. The van der Waals surface area contributed by atoms with E-state index >= 15 is 0 Å². The van der Waals surface area contributed by atoms with Crippen molar-refractivity contribution in [3.63, 3.8) is 0 Å². The number of nitrogens with two attached hydrogens (primary N) is 1. The number of amides is 1. The van der Waals surface area contributed by atoms with Crippen LogP contribution in [0.15, 0.2) is 24.3 Å². The van der Waals surface area contributed by atoms with E-state index in [1.807, 2.05) is 19.1 Å². The maximum absolute atomic E-state index is 12.1. The summed E-state index contributed by atoms with van der Waals surface area (Å²) >= 11 is 0. The Morgan fingerprint density at radius 1 is 1.22 bits per heavy atom. The van der Waals surface area contributed by atoms with Gasteiger partial charge in [0.05, 0.1) is 11.8 Å². The molecule has 1 atom stereocenters. The lowest BCUT2D eigenvalue weighted by Crippen LogP contribution is -2.40. The van der Waals surface area contributed by atoms with Crippen LogP contribution < -0.4 is 15.8 Å². The summed E-state index contributed by atoms with van der Waals surface area (Å²) < 4.78 is 26.7. The fourth-order valence-electron chi connectivity index (χ4n) is 2.23. The molecule has 0 spiro atoms. The van der Waals surface area contributed by atoms with Gasteiger partial charge in [0.15, 0.2) is 0 Å². The van der Waals surface area contributed by atoms with Crippen molar-refractivity contribution in [3.05, 3.63) is 35.4 Å². The fraction of sp³-hybridized carbons (Fsp3) is 0.562. The first-order chi connectivity index (χ1) is 10.7. The Bertz CT molecular complexity index is 615. The minimum absolute atomic E-state index is 0.113. The van der Waals surface area contributed by atoms with Crippen molar-refractivity contribution in [3.8, 4) is 0 Å². The molecular weight excluding hydrogens is 314 g/mol. The number of benzene rings is 1. The molecule has 0 fully saturated rings. The Morgan fingerprint density at radius 2 is 1.83 bits per heavy atom. The summed E-state index contributed by atoms with van der Waals surface area (Å²) in [7, 11) is -3.41. The largest absolute Gasteiger partial charge is 0.351 e. The van der Waals surface area contributed by atoms with E-state index in [0.29, 0.717) is 12.0 Å². The number of carbonyl (C=O) groups is 1. The summed E-state index contributed by atoms with van der Waals surface area (Å²) in [5.41, 5.74) is 7.22. The van der Waals surface area contributed by atoms with Crippen LogP contribution in [0.5, 0.6) is 0 Å². The molecule has 1 unspecified atom stereocenters. The van der Waals surface area contributed by atoms with Crippen molar-refractivity contribution in [1.29, 1.82) is 0 Å². The van der Waals surface area contributed by atoms with Crippen LogP contribution in [0.25, 0.3) is 0 Å². The Labute approximate surface area is 138 Å². The minimum Gasteiger partial charge on any atom is -0.351 e. The molecule has 7 heteroatoms. The van der Waals surface area contributed by atoms with Crippen LogP contribution in [-0.2, 0) is 27.1 Å². The predicted molar refractivity (Wildman–Crippen MR) is 92.1 cm³/mol. The molecule has 1 aromatic rings. The second-order valence-electron chi connectivity index (χ2n) is 5.91. The zero-order chi connectivity index (χ0) is 17.5. The monoisotopic (exact) mass is 341 g/mol. The van der Waals surface area contributed by atoms with Crippen LogP contribution in [0, 0.1) is 0 Å². The highest BCUT2D eigenvalue weighted by atomic mass is 32.2. The SMILES string of the molecule is CCCC(N)C(=O)NCc1ccccc1CS(=O)(=O)NC(C)C. The predicted octanol–water partition coefficient (Wildman–Crippen LogP) is 1.26. The topological polar surface area (TPSA) is 101 Å². The van der Waals surface area contributed by atoms with Crippen molar-refractivity contribution < 1.29 is 13.2 Å². The zero-order valence-electron chi connectivity index (χ0n) is 14.0. The molecule has 130 valence electrons. The second kappa shape index (κ2) is 9.00. The molecule has 0 aliphatic heterocycles. The van der Waals surface area contributed by atoms with Crippen molar-refractivity contribution >= 4 is 15.9 Å². The highest BCUT2D eigenvalue weighted by Gasteiger charge is 2.16. The maximum Gasteiger partial charge on any atom is 0.237 e. The normalized spacial score (nSPS) is 13.1. The summed E-state index contributed by atoms with van der Waals surface area (Å²) in [4.78, 5) is 11.9. The number of rotatable bonds is 9. The molecule has 0 aromatic heterocycles. The highest BCUT2D eigenvalue weighted by molar-refractivity contribution is 7.88. The minimum atomic E-state index is -3.41. The van der Waals surface area contributed by atoms with Gasteiger partial charge < -0.3 is 11.1 Å². The lowest BCUT2D eigenvalue weighted by molar-refractivity contribution is -0.122.